The third kappa shape index (κ3) is 4.79. The van der Waals surface area contributed by atoms with Crippen LogP contribution >= 0.6 is 0 Å². The van der Waals surface area contributed by atoms with Crippen molar-refractivity contribution in [1.82, 2.24) is 24.2 Å². The predicted molar refractivity (Wildman–Crippen MR) is 118 cm³/mol. The summed E-state index contributed by atoms with van der Waals surface area (Å²) in [6.45, 7) is 6.01. The summed E-state index contributed by atoms with van der Waals surface area (Å²) in [7, 11) is 1.65. The molecule has 1 fully saturated rings. The van der Waals surface area contributed by atoms with E-state index in [1.165, 1.54) is 4.40 Å². The highest BCUT2D eigenvalue weighted by Crippen LogP contribution is 2.17. The second kappa shape index (κ2) is 10.0. The van der Waals surface area contributed by atoms with Gasteiger partial charge in [-0.3, -0.25) is 18.9 Å². The molecule has 166 valence electrons. The minimum atomic E-state index is -0.189. The molecule has 1 N–H and O–H groups in total. The highest BCUT2D eigenvalue weighted by Gasteiger charge is 2.19. The lowest BCUT2D eigenvalue weighted by atomic mass is 10.3. The van der Waals surface area contributed by atoms with Gasteiger partial charge in [0.25, 0.3) is 11.5 Å². The van der Waals surface area contributed by atoms with Crippen LogP contribution < -0.4 is 10.9 Å². The number of nitrogens with one attached hydrogen (secondary N) is 1. The standard InChI is InChI=1S/C22H29N5O4/c1-30-13-5-10-26-18(21(28)23-7-4-8-25-11-14-31-15-12-25)16-17-20(26)24-19-6-2-3-9-27(19)22(17)29/h2-3,6,9,16H,4-5,7-8,10-15H2,1H3,(H,23,28). The topological polar surface area (TPSA) is 90.1 Å². The number of nitrogens with zero attached hydrogens (tertiary/aromatic N) is 4. The smallest absolute Gasteiger partial charge is 0.267 e. The van der Waals surface area contributed by atoms with Gasteiger partial charge in [-0.1, -0.05) is 6.07 Å². The number of rotatable bonds is 9. The molecule has 9 nitrogen and oxygen atoms in total. The van der Waals surface area contributed by atoms with Crippen LogP contribution in [0.15, 0.2) is 35.3 Å². The third-order valence-corrected chi connectivity index (χ3v) is 5.58. The van der Waals surface area contributed by atoms with Crippen molar-refractivity contribution >= 4 is 22.6 Å². The number of ether oxygens (including phenoxy) is 2. The fraction of sp³-hybridized carbons (Fsp3) is 0.500. The van der Waals surface area contributed by atoms with Gasteiger partial charge in [-0.15, -0.1) is 0 Å². The maximum atomic E-state index is 13.0. The largest absolute Gasteiger partial charge is 0.385 e. The first-order valence-electron chi connectivity index (χ1n) is 10.8. The van der Waals surface area contributed by atoms with Gasteiger partial charge < -0.3 is 19.4 Å². The third-order valence-electron chi connectivity index (χ3n) is 5.58. The summed E-state index contributed by atoms with van der Waals surface area (Å²) in [6, 6.07) is 7.08. The van der Waals surface area contributed by atoms with Gasteiger partial charge in [0, 0.05) is 46.1 Å². The van der Waals surface area contributed by atoms with Crippen LogP contribution in [0.4, 0.5) is 0 Å². The van der Waals surface area contributed by atoms with E-state index in [1.807, 2.05) is 10.6 Å². The Balaban J connectivity index is 1.55. The number of morpholine rings is 1. The molecule has 0 unspecified atom stereocenters. The van der Waals surface area contributed by atoms with E-state index in [9.17, 15) is 9.59 Å². The molecule has 9 heteroatoms. The van der Waals surface area contributed by atoms with Crippen LogP contribution in [0.5, 0.6) is 0 Å². The fourth-order valence-electron chi connectivity index (χ4n) is 3.95. The molecule has 0 saturated carbocycles. The van der Waals surface area contributed by atoms with Gasteiger partial charge in [0.1, 0.15) is 17.0 Å². The SMILES string of the molecule is COCCCn1c(C(=O)NCCCN2CCOCC2)cc2c(=O)n3ccccc3nc21. The van der Waals surface area contributed by atoms with Crippen molar-refractivity contribution in [3.8, 4) is 0 Å². The summed E-state index contributed by atoms with van der Waals surface area (Å²) >= 11 is 0. The van der Waals surface area contributed by atoms with Crippen LogP contribution in [0, 0.1) is 0 Å². The Bertz CT molecular complexity index is 1100. The van der Waals surface area contributed by atoms with Gasteiger partial charge in [-0.2, -0.15) is 0 Å². The maximum Gasteiger partial charge on any atom is 0.267 e. The lowest BCUT2D eigenvalue weighted by Crippen LogP contribution is -2.38. The number of carbonyl (C=O) groups is 1. The number of aromatic nitrogens is 3. The molecule has 0 aromatic carbocycles. The Hall–Kier alpha value is -2.75. The number of methoxy groups -OCH3 is 1. The average Bonchev–Trinajstić information content (AvgIpc) is 3.16. The maximum absolute atomic E-state index is 13.0. The molecule has 1 aliphatic heterocycles. The molecule has 0 spiro atoms. The van der Waals surface area contributed by atoms with Crippen molar-refractivity contribution in [3.63, 3.8) is 0 Å². The van der Waals surface area contributed by atoms with Crippen molar-refractivity contribution in [3.05, 3.63) is 46.5 Å². The quantitative estimate of drug-likeness (QED) is 0.515. The Morgan fingerprint density at radius 3 is 2.87 bits per heavy atom. The number of pyridine rings is 1. The zero-order valence-corrected chi connectivity index (χ0v) is 17.9. The minimum Gasteiger partial charge on any atom is -0.385 e. The Labute approximate surface area is 180 Å². The van der Waals surface area contributed by atoms with Gasteiger partial charge in [0.2, 0.25) is 0 Å². The molecule has 1 amide bonds. The first-order chi connectivity index (χ1) is 15.2. The van der Waals surface area contributed by atoms with E-state index >= 15 is 0 Å². The minimum absolute atomic E-state index is 0.174. The zero-order valence-electron chi connectivity index (χ0n) is 17.9. The highest BCUT2D eigenvalue weighted by atomic mass is 16.5. The molecule has 4 heterocycles. The van der Waals surface area contributed by atoms with Gasteiger partial charge in [0.15, 0.2) is 0 Å². The second-order valence-corrected chi connectivity index (χ2v) is 7.67. The molecule has 0 radical (unpaired) electrons. The van der Waals surface area contributed by atoms with Crippen LogP contribution in [0.3, 0.4) is 0 Å². The van der Waals surface area contributed by atoms with E-state index in [-0.39, 0.29) is 11.5 Å². The molecule has 31 heavy (non-hydrogen) atoms. The van der Waals surface area contributed by atoms with E-state index < -0.39 is 0 Å². The van der Waals surface area contributed by atoms with E-state index in [0.29, 0.717) is 48.5 Å². The number of hydrogen-bond acceptors (Lipinski definition) is 6. The Morgan fingerprint density at radius 1 is 1.23 bits per heavy atom. The zero-order chi connectivity index (χ0) is 21.6. The highest BCUT2D eigenvalue weighted by molar-refractivity contribution is 5.98. The van der Waals surface area contributed by atoms with Crippen LogP contribution in [-0.2, 0) is 16.0 Å². The molecule has 0 bridgehead atoms. The molecule has 1 aliphatic rings. The van der Waals surface area contributed by atoms with Crippen molar-refractivity contribution in [1.29, 1.82) is 0 Å². The summed E-state index contributed by atoms with van der Waals surface area (Å²) < 4.78 is 13.9. The van der Waals surface area contributed by atoms with Gasteiger partial charge in [-0.05, 0) is 37.6 Å². The summed E-state index contributed by atoms with van der Waals surface area (Å²) in [5.74, 6) is -0.189. The molecule has 3 aromatic rings. The summed E-state index contributed by atoms with van der Waals surface area (Å²) in [6.07, 6.45) is 3.27. The Morgan fingerprint density at radius 2 is 2.06 bits per heavy atom. The number of amides is 1. The van der Waals surface area contributed by atoms with E-state index in [1.54, 1.807) is 31.5 Å². The number of hydrogen-bond donors (Lipinski definition) is 1. The van der Waals surface area contributed by atoms with Crippen LogP contribution in [-0.4, -0.2) is 77.9 Å². The summed E-state index contributed by atoms with van der Waals surface area (Å²) in [4.78, 5) is 33.0. The van der Waals surface area contributed by atoms with E-state index in [0.717, 1.165) is 39.3 Å². The molecular formula is C22H29N5O4. The number of fused-ring (bicyclic) bond motifs is 2. The van der Waals surface area contributed by atoms with Crippen molar-refractivity contribution in [2.75, 3.05) is 53.1 Å². The van der Waals surface area contributed by atoms with Crippen molar-refractivity contribution in [2.24, 2.45) is 0 Å². The van der Waals surface area contributed by atoms with Gasteiger partial charge >= 0.3 is 0 Å². The van der Waals surface area contributed by atoms with Gasteiger partial charge in [-0.25, -0.2) is 4.98 Å². The van der Waals surface area contributed by atoms with Crippen LogP contribution in [0.2, 0.25) is 0 Å². The first kappa shape index (κ1) is 21.5. The van der Waals surface area contributed by atoms with Crippen molar-refractivity contribution < 1.29 is 14.3 Å². The van der Waals surface area contributed by atoms with Crippen LogP contribution in [0.25, 0.3) is 16.7 Å². The Kier molecular flexibility index (Phi) is 6.96. The predicted octanol–water partition coefficient (Wildman–Crippen LogP) is 1.14. The normalized spacial score (nSPS) is 15.0. The van der Waals surface area contributed by atoms with Crippen LogP contribution in [0.1, 0.15) is 23.3 Å². The molecule has 0 aliphatic carbocycles. The lowest BCUT2D eigenvalue weighted by Gasteiger charge is -2.26. The molecule has 1 saturated heterocycles. The lowest BCUT2D eigenvalue weighted by molar-refractivity contribution is 0.0374. The molecule has 3 aromatic heterocycles. The average molecular weight is 428 g/mol. The monoisotopic (exact) mass is 427 g/mol. The molecule has 0 atom stereocenters. The summed E-state index contributed by atoms with van der Waals surface area (Å²) in [5, 5.41) is 3.45. The van der Waals surface area contributed by atoms with Gasteiger partial charge in [0.05, 0.1) is 18.6 Å². The number of aryl methyl sites for hydroxylation is 1. The first-order valence-corrected chi connectivity index (χ1v) is 10.8. The fourth-order valence-corrected chi connectivity index (χ4v) is 3.95. The molecule has 4 rings (SSSR count). The number of carbonyl (C=O) groups excluding carboxylic acids is 1. The van der Waals surface area contributed by atoms with Crippen molar-refractivity contribution in [2.45, 2.75) is 19.4 Å². The van der Waals surface area contributed by atoms with E-state index in [2.05, 4.69) is 15.2 Å². The second-order valence-electron chi connectivity index (χ2n) is 7.67. The van der Waals surface area contributed by atoms with E-state index in [4.69, 9.17) is 9.47 Å². The summed E-state index contributed by atoms with van der Waals surface area (Å²) in [5.41, 5.74) is 1.37. The molecular weight excluding hydrogens is 398 g/mol.